The third kappa shape index (κ3) is 7.21. The summed E-state index contributed by atoms with van der Waals surface area (Å²) in [6, 6.07) is 31.6. The first-order valence-corrected chi connectivity index (χ1v) is 16.5. The lowest BCUT2D eigenvalue weighted by Gasteiger charge is -2.26. The Hall–Kier alpha value is -6.80. The van der Waals surface area contributed by atoms with Gasteiger partial charge in [-0.2, -0.15) is 4.98 Å². The monoisotopic (exact) mass is 713 g/mol. The fourth-order valence-electron chi connectivity index (χ4n) is 5.75. The molecule has 7 rings (SSSR count). The number of rotatable bonds is 9. The van der Waals surface area contributed by atoms with E-state index in [1.54, 1.807) is 91.0 Å². The van der Waals surface area contributed by atoms with Gasteiger partial charge >= 0.3 is 23.6 Å². The van der Waals surface area contributed by atoms with E-state index in [0.717, 1.165) is 14.8 Å². The van der Waals surface area contributed by atoms with Crippen LogP contribution in [0.1, 0.15) is 42.9 Å². The second-order valence-corrected chi connectivity index (χ2v) is 12.2. The minimum absolute atomic E-state index is 0.0589. The fourth-order valence-corrected chi connectivity index (χ4v) is 5.75. The van der Waals surface area contributed by atoms with Crippen molar-refractivity contribution >= 4 is 17.9 Å². The van der Waals surface area contributed by atoms with Crippen molar-refractivity contribution in [2.45, 2.75) is 31.5 Å². The summed E-state index contributed by atoms with van der Waals surface area (Å²) in [6.45, 7) is 1.44. The van der Waals surface area contributed by atoms with Crippen LogP contribution in [0.3, 0.4) is 0 Å². The van der Waals surface area contributed by atoms with E-state index >= 15 is 0 Å². The molecule has 4 aromatic rings. The van der Waals surface area contributed by atoms with Crippen molar-refractivity contribution in [2.24, 2.45) is 7.05 Å². The van der Waals surface area contributed by atoms with Crippen molar-refractivity contribution in [3.63, 3.8) is 0 Å². The van der Waals surface area contributed by atoms with Crippen LogP contribution >= 0.6 is 0 Å². The normalized spacial score (nSPS) is 18.0. The second-order valence-electron chi connectivity index (χ2n) is 12.2. The van der Waals surface area contributed by atoms with Crippen LogP contribution in [0.15, 0.2) is 125 Å². The van der Waals surface area contributed by atoms with Crippen molar-refractivity contribution in [2.75, 3.05) is 6.61 Å². The van der Waals surface area contributed by atoms with E-state index < -0.39 is 60.3 Å². The average Bonchev–Trinajstić information content (AvgIpc) is 3.52. The van der Waals surface area contributed by atoms with Crippen LogP contribution in [0.4, 0.5) is 0 Å². The van der Waals surface area contributed by atoms with Crippen LogP contribution in [0, 0.1) is 6.92 Å². The van der Waals surface area contributed by atoms with Gasteiger partial charge in [0.25, 0.3) is 5.56 Å². The van der Waals surface area contributed by atoms with E-state index in [1.807, 2.05) is 19.1 Å². The van der Waals surface area contributed by atoms with E-state index in [-0.39, 0.29) is 34.0 Å². The molecule has 1 fully saturated rings. The molecule has 0 amide bonds. The van der Waals surface area contributed by atoms with E-state index in [1.165, 1.54) is 19.2 Å². The SMILES string of the molecule is Cc1ccc(-c2nc3c(=O)n(C)c(=O)nc-3n([C@@H]3O[C@H](COC(=O)c4ccccc4)[C@@H](OC(=O)c4ccccc4)[C@H]3OC(=O)c3ccccc3)n2)cc1. The summed E-state index contributed by atoms with van der Waals surface area (Å²) in [5.74, 6) is -2.50. The van der Waals surface area contributed by atoms with Crippen molar-refractivity contribution in [3.05, 3.63) is 158 Å². The third-order valence-corrected chi connectivity index (χ3v) is 8.57. The first-order valence-electron chi connectivity index (χ1n) is 16.5. The van der Waals surface area contributed by atoms with E-state index in [0.29, 0.717) is 5.56 Å². The van der Waals surface area contributed by atoms with Crippen molar-refractivity contribution < 1.29 is 33.3 Å². The second kappa shape index (κ2) is 14.8. The number of hydrogen-bond donors (Lipinski definition) is 0. The Labute approximate surface area is 301 Å². The highest BCUT2D eigenvalue weighted by atomic mass is 16.7. The van der Waals surface area contributed by atoms with E-state index in [4.69, 9.17) is 18.9 Å². The number of hydrogen-bond acceptors (Lipinski definition) is 12. The van der Waals surface area contributed by atoms with Crippen LogP contribution in [0.25, 0.3) is 22.9 Å². The molecule has 3 aliphatic heterocycles. The molecule has 53 heavy (non-hydrogen) atoms. The Morgan fingerprint density at radius 3 is 1.79 bits per heavy atom. The molecule has 0 radical (unpaired) electrons. The van der Waals surface area contributed by atoms with Gasteiger partial charge in [-0.15, -0.1) is 5.10 Å². The van der Waals surface area contributed by atoms with Crippen molar-refractivity contribution in [1.29, 1.82) is 0 Å². The molecule has 266 valence electrons. The molecule has 4 aromatic carbocycles. The average molecular weight is 714 g/mol. The first kappa shape index (κ1) is 34.6. The van der Waals surface area contributed by atoms with Crippen molar-refractivity contribution in [1.82, 2.24) is 24.3 Å². The molecular formula is C39H31N5O9. The molecule has 14 nitrogen and oxygen atoms in total. The number of aromatic nitrogens is 5. The van der Waals surface area contributed by atoms with E-state index in [9.17, 15) is 24.0 Å². The highest BCUT2D eigenvalue weighted by molar-refractivity contribution is 5.91. The van der Waals surface area contributed by atoms with Crippen LogP contribution in [-0.2, 0) is 26.0 Å². The Kier molecular flexibility index (Phi) is 9.68. The number of carbonyl (C=O) groups excluding carboxylic acids is 3. The summed E-state index contributed by atoms with van der Waals surface area (Å²) >= 11 is 0. The lowest BCUT2D eigenvalue weighted by atomic mass is 10.1. The largest absolute Gasteiger partial charge is 0.459 e. The predicted molar refractivity (Wildman–Crippen MR) is 188 cm³/mol. The summed E-state index contributed by atoms with van der Waals surface area (Å²) in [7, 11) is 1.27. The van der Waals surface area contributed by atoms with Gasteiger partial charge in [0.15, 0.2) is 35.8 Å². The van der Waals surface area contributed by atoms with E-state index in [2.05, 4.69) is 15.1 Å². The highest BCUT2D eigenvalue weighted by Crippen LogP contribution is 2.37. The summed E-state index contributed by atoms with van der Waals surface area (Å²) in [4.78, 5) is 75.4. The number of carbonyl (C=O) groups is 3. The van der Waals surface area contributed by atoms with Gasteiger partial charge in [-0.25, -0.2) is 28.8 Å². The number of benzene rings is 4. The zero-order valence-electron chi connectivity index (χ0n) is 28.4. The number of aryl methyl sites for hydroxylation is 1. The number of ether oxygens (including phenoxy) is 4. The minimum Gasteiger partial charge on any atom is -0.459 e. The molecule has 0 aliphatic carbocycles. The quantitative estimate of drug-likeness (QED) is 0.156. The molecule has 0 N–H and O–H groups in total. The number of esters is 3. The minimum atomic E-state index is -1.50. The summed E-state index contributed by atoms with van der Waals surface area (Å²) in [6.07, 6.45) is -5.66. The highest BCUT2D eigenvalue weighted by Gasteiger charge is 2.52. The lowest BCUT2D eigenvalue weighted by molar-refractivity contribution is -0.0673. The molecule has 14 heteroatoms. The Morgan fingerprint density at radius 1 is 0.698 bits per heavy atom. The predicted octanol–water partition coefficient (Wildman–Crippen LogP) is 4.02. The fraction of sp³-hybridized carbons (Fsp3) is 0.179. The molecule has 0 spiro atoms. The Morgan fingerprint density at radius 2 is 1.23 bits per heavy atom. The molecule has 0 unspecified atom stereocenters. The summed E-state index contributed by atoms with van der Waals surface area (Å²) in [5, 5.41) is 4.67. The summed E-state index contributed by atoms with van der Waals surface area (Å²) < 4.78 is 26.1. The standard InChI is InChI=1S/C39H31N5O9/c1-23-18-20-24(21-19-23)32-40-29-33(41-39(49)43(2)34(29)45)44(42-32)35-31(53-38(48)27-16-10-5-11-17-27)30(52-37(47)26-14-8-4-9-15-26)28(51-35)22-50-36(46)25-12-6-3-7-13-25/h3-21,28,30-31,35H,22H2,1-2H3/t28-,30-,31-,35-/m1/s1. The van der Waals surface area contributed by atoms with Crippen LogP contribution in [0.2, 0.25) is 0 Å². The molecule has 1 saturated heterocycles. The lowest BCUT2D eigenvalue weighted by Crippen LogP contribution is -2.42. The van der Waals surface area contributed by atoms with Gasteiger partial charge in [-0.05, 0) is 43.3 Å². The van der Waals surface area contributed by atoms with Crippen LogP contribution in [0.5, 0.6) is 0 Å². The molecule has 0 aromatic heterocycles. The van der Waals surface area contributed by atoms with Crippen molar-refractivity contribution in [3.8, 4) is 22.9 Å². The van der Waals surface area contributed by atoms with Gasteiger partial charge in [0.05, 0.1) is 16.7 Å². The maximum atomic E-state index is 13.7. The molecule has 3 heterocycles. The van der Waals surface area contributed by atoms with Gasteiger partial charge in [0.2, 0.25) is 0 Å². The zero-order chi connectivity index (χ0) is 37.1. The molecule has 3 aliphatic rings. The first-order chi connectivity index (χ1) is 25.7. The molecule has 0 saturated carbocycles. The number of nitrogens with zero attached hydrogens (tertiary/aromatic N) is 5. The number of fused-ring (bicyclic) bond motifs is 1. The van der Waals surface area contributed by atoms with Crippen LogP contribution < -0.4 is 11.2 Å². The van der Waals surface area contributed by atoms with Gasteiger partial charge in [0, 0.05) is 12.6 Å². The summed E-state index contributed by atoms with van der Waals surface area (Å²) in [5.41, 5.74) is 0.187. The maximum absolute atomic E-state index is 13.7. The Balaban J connectivity index is 1.37. The Bertz CT molecular complexity index is 2370. The van der Waals surface area contributed by atoms with Gasteiger partial charge < -0.3 is 18.9 Å². The zero-order valence-corrected chi connectivity index (χ0v) is 28.4. The van der Waals surface area contributed by atoms with Gasteiger partial charge in [-0.3, -0.25) is 9.36 Å². The molecule has 0 bridgehead atoms. The maximum Gasteiger partial charge on any atom is 0.352 e. The van der Waals surface area contributed by atoms with Gasteiger partial charge in [0.1, 0.15) is 12.7 Å². The topological polar surface area (TPSA) is 171 Å². The molecule has 4 atom stereocenters. The third-order valence-electron chi connectivity index (χ3n) is 8.57. The molecular weight excluding hydrogens is 682 g/mol. The van der Waals surface area contributed by atoms with Crippen LogP contribution in [-0.4, -0.2) is 67.1 Å². The van der Waals surface area contributed by atoms with Gasteiger partial charge in [-0.1, -0.05) is 84.4 Å². The smallest absolute Gasteiger partial charge is 0.352 e.